The molecule has 0 bridgehead atoms. The molecule has 0 aliphatic carbocycles. The Kier molecular flexibility index (Phi) is 5.70. The van der Waals surface area contributed by atoms with Gasteiger partial charge in [-0.25, -0.2) is 13.6 Å². The average molecular weight is 387 g/mol. The van der Waals surface area contributed by atoms with Crippen LogP contribution in [0.1, 0.15) is 11.1 Å². The number of carbonyl (C=O) groups excluding carboxylic acids is 1. The molecule has 1 amide bonds. The third-order valence-corrected chi connectivity index (χ3v) is 4.49. The van der Waals surface area contributed by atoms with Crippen LogP contribution in [0, 0.1) is 11.6 Å². The summed E-state index contributed by atoms with van der Waals surface area (Å²) in [6.45, 7) is 0. The number of hydrogen-bond acceptors (Lipinski definition) is 3. The molecule has 2 aromatic carbocycles. The van der Waals surface area contributed by atoms with Crippen molar-refractivity contribution in [1.29, 1.82) is 0 Å². The normalized spacial score (nSPS) is 13.2. The van der Waals surface area contributed by atoms with Gasteiger partial charge in [0.25, 0.3) is 0 Å². The van der Waals surface area contributed by atoms with Crippen LogP contribution in [0.2, 0.25) is 0 Å². The van der Waals surface area contributed by atoms with E-state index in [1.54, 1.807) is 6.20 Å². The first kappa shape index (κ1) is 19.5. The van der Waals surface area contributed by atoms with Gasteiger partial charge in [-0.05, 0) is 35.7 Å². The zero-order valence-electron chi connectivity index (χ0n) is 14.8. The zero-order valence-corrected chi connectivity index (χ0v) is 14.8. The fraction of sp³-hybridized carbons (Fsp3) is 0.200. The molecule has 6 nitrogen and oxygen atoms in total. The van der Waals surface area contributed by atoms with Crippen LogP contribution in [-0.2, 0) is 22.4 Å². The molecule has 28 heavy (non-hydrogen) atoms. The number of fused-ring (bicyclic) bond motifs is 1. The maximum atomic E-state index is 13.3. The average Bonchev–Trinajstić information content (AvgIpc) is 3.07. The van der Waals surface area contributed by atoms with Crippen LogP contribution in [-0.4, -0.2) is 34.1 Å². The van der Waals surface area contributed by atoms with Crippen molar-refractivity contribution < 1.29 is 23.5 Å². The molecule has 1 unspecified atom stereocenters. The quantitative estimate of drug-likeness (QED) is 0.498. The van der Waals surface area contributed by atoms with E-state index in [-0.39, 0.29) is 18.4 Å². The minimum atomic E-state index is -1.31. The first-order chi connectivity index (χ1) is 13.3. The Morgan fingerprint density at radius 3 is 2.57 bits per heavy atom. The molecule has 1 aromatic heterocycles. The number of para-hydroxylation sites is 1. The van der Waals surface area contributed by atoms with Crippen LogP contribution in [0.25, 0.3) is 10.9 Å². The number of nitrogens with two attached hydrogens (primary N) is 1. The zero-order chi connectivity index (χ0) is 20.3. The number of amides is 1. The second-order valence-electron chi connectivity index (χ2n) is 6.52. The highest BCUT2D eigenvalue weighted by Crippen LogP contribution is 2.19. The lowest BCUT2D eigenvalue weighted by Crippen LogP contribution is -2.50. The Labute approximate surface area is 159 Å². The summed E-state index contributed by atoms with van der Waals surface area (Å²) >= 11 is 0. The Hall–Kier alpha value is -3.26. The first-order valence-corrected chi connectivity index (χ1v) is 8.63. The van der Waals surface area contributed by atoms with E-state index >= 15 is 0 Å². The number of aliphatic carboxylic acids is 1. The number of nitrogens with one attached hydrogen (secondary N) is 2. The van der Waals surface area contributed by atoms with Crippen LogP contribution in [0.3, 0.4) is 0 Å². The van der Waals surface area contributed by atoms with E-state index < -0.39 is 35.6 Å². The fourth-order valence-corrected chi connectivity index (χ4v) is 3.01. The molecule has 0 saturated heterocycles. The molecule has 0 fully saturated rings. The minimum absolute atomic E-state index is 0.196. The molecule has 0 saturated carbocycles. The number of benzene rings is 2. The van der Waals surface area contributed by atoms with Crippen LogP contribution >= 0.6 is 0 Å². The lowest BCUT2D eigenvalue weighted by molar-refractivity contribution is -0.141. The van der Waals surface area contributed by atoms with Crippen molar-refractivity contribution in [2.75, 3.05) is 0 Å². The highest BCUT2D eigenvalue weighted by atomic mass is 19.2. The summed E-state index contributed by atoms with van der Waals surface area (Å²) in [5, 5.41) is 12.7. The summed E-state index contributed by atoms with van der Waals surface area (Å²) in [6.07, 6.45) is 1.78. The minimum Gasteiger partial charge on any atom is -0.480 e. The van der Waals surface area contributed by atoms with E-state index in [0.717, 1.165) is 28.6 Å². The number of carboxylic acid groups (broad SMARTS) is 1. The number of rotatable bonds is 7. The summed E-state index contributed by atoms with van der Waals surface area (Å²) < 4.78 is 26.4. The highest BCUT2D eigenvalue weighted by Gasteiger charge is 2.24. The highest BCUT2D eigenvalue weighted by molar-refractivity contribution is 5.88. The van der Waals surface area contributed by atoms with Crippen molar-refractivity contribution in [3.05, 3.63) is 71.4 Å². The number of halogens is 2. The Bertz CT molecular complexity index is 1020. The van der Waals surface area contributed by atoms with Gasteiger partial charge < -0.3 is 21.1 Å². The van der Waals surface area contributed by atoms with Crippen molar-refractivity contribution in [3.8, 4) is 0 Å². The number of aromatic amines is 1. The van der Waals surface area contributed by atoms with E-state index in [0.29, 0.717) is 0 Å². The molecule has 146 valence electrons. The van der Waals surface area contributed by atoms with Gasteiger partial charge >= 0.3 is 5.97 Å². The van der Waals surface area contributed by atoms with Crippen LogP contribution in [0.5, 0.6) is 0 Å². The largest absolute Gasteiger partial charge is 0.480 e. The summed E-state index contributed by atoms with van der Waals surface area (Å²) in [4.78, 5) is 27.0. The predicted octanol–water partition coefficient (Wildman–Crippen LogP) is 2.13. The van der Waals surface area contributed by atoms with Crippen molar-refractivity contribution in [1.82, 2.24) is 10.3 Å². The lowest BCUT2D eigenvalue weighted by Gasteiger charge is -2.18. The predicted molar refractivity (Wildman–Crippen MR) is 99.6 cm³/mol. The number of carboxylic acids is 1. The Balaban J connectivity index is 1.67. The van der Waals surface area contributed by atoms with Gasteiger partial charge in [0.15, 0.2) is 11.6 Å². The lowest BCUT2D eigenvalue weighted by atomic mass is 10.0. The standard InChI is InChI=1S/C20H19F2N3O3/c21-14-6-5-11(7-15(14)22)8-18(20(27)28)25-19(26)16(23)9-12-10-24-17-4-2-1-3-13(12)17/h1-7,10,16,18,24H,8-9,23H2,(H,25,26)(H,27,28)/t16?,18-/m0/s1. The van der Waals surface area contributed by atoms with Gasteiger partial charge in [0.05, 0.1) is 6.04 Å². The second-order valence-corrected chi connectivity index (χ2v) is 6.52. The maximum absolute atomic E-state index is 13.3. The molecule has 0 radical (unpaired) electrons. The molecule has 0 spiro atoms. The van der Waals surface area contributed by atoms with E-state index in [1.807, 2.05) is 24.3 Å². The summed E-state index contributed by atoms with van der Waals surface area (Å²) in [5.41, 5.74) is 7.95. The van der Waals surface area contributed by atoms with Gasteiger partial charge in [-0.3, -0.25) is 4.79 Å². The molecule has 2 atom stereocenters. The van der Waals surface area contributed by atoms with Crippen LogP contribution in [0.15, 0.2) is 48.7 Å². The SMILES string of the molecule is NC(Cc1c[nH]c2ccccc12)C(=O)N[C@@H](Cc1ccc(F)c(F)c1)C(=O)O. The Morgan fingerprint density at radius 2 is 1.86 bits per heavy atom. The smallest absolute Gasteiger partial charge is 0.326 e. The van der Waals surface area contributed by atoms with Crippen molar-refractivity contribution in [3.63, 3.8) is 0 Å². The molecular formula is C20H19F2N3O3. The van der Waals surface area contributed by atoms with E-state index in [9.17, 15) is 23.5 Å². The van der Waals surface area contributed by atoms with E-state index in [2.05, 4.69) is 10.3 Å². The molecule has 5 N–H and O–H groups in total. The Morgan fingerprint density at radius 1 is 1.11 bits per heavy atom. The van der Waals surface area contributed by atoms with Gasteiger partial charge in [0.1, 0.15) is 6.04 Å². The third-order valence-electron chi connectivity index (χ3n) is 4.49. The number of hydrogen-bond donors (Lipinski definition) is 4. The summed E-state index contributed by atoms with van der Waals surface area (Å²) in [5.74, 6) is -4.04. The molecule has 8 heteroatoms. The van der Waals surface area contributed by atoms with Gasteiger partial charge in [-0.1, -0.05) is 24.3 Å². The van der Waals surface area contributed by atoms with Gasteiger partial charge in [-0.15, -0.1) is 0 Å². The summed E-state index contributed by atoms with van der Waals surface area (Å²) in [6, 6.07) is 8.35. The van der Waals surface area contributed by atoms with Gasteiger partial charge in [0.2, 0.25) is 5.91 Å². The van der Waals surface area contributed by atoms with E-state index in [4.69, 9.17) is 5.73 Å². The van der Waals surface area contributed by atoms with Crippen LogP contribution < -0.4 is 11.1 Å². The molecule has 3 rings (SSSR count). The summed E-state index contributed by atoms with van der Waals surface area (Å²) in [7, 11) is 0. The molecule has 0 aliphatic heterocycles. The van der Waals surface area contributed by atoms with Gasteiger partial charge in [-0.2, -0.15) is 0 Å². The number of aromatic nitrogens is 1. The maximum Gasteiger partial charge on any atom is 0.326 e. The van der Waals surface area contributed by atoms with Gasteiger partial charge in [0, 0.05) is 23.5 Å². The molecule has 3 aromatic rings. The van der Waals surface area contributed by atoms with Crippen molar-refractivity contribution in [2.24, 2.45) is 5.73 Å². The number of carbonyl (C=O) groups is 2. The first-order valence-electron chi connectivity index (χ1n) is 8.63. The monoisotopic (exact) mass is 387 g/mol. The number of H-pyrrole nitrogens is 1. The molecular weight excluding hydrogens is 368 g/mol. The topological polar surface area (TPSA) is 108 Å². The third kappa shape index (κ3) is 4.34. The van der Waals surface area contributed by atoms with Crippen molar-refractivity contribution >= 4 is 22.8 Å². The van der Waals surface area contributed by atoms with Crippen molar-refractivity contribution in [2.45, 2.75) is 24.9 Å². The molecule has 0 aliphatic rings. The van der Waals surface area contributed by atoms with E-state index in [1.165, 1.54) is 6.07 Å². The van der Waals surface area contributed by atoms with Crippen LogP contribution in [0.4, 0.5) is 8.78 Å². The second kappa shape index (κ2) is 8.18. The fourth-order valence-electron chi connectivity index (χ4n) is 3.01. The molecule has 1 heterocycles.